The summed E-state index contributed by atoms with van der Waals surface area (Å²) >= 11 is 0. The molecular weight excluding hydrogens is 234 g/mol. The molecule has 1 atom stereocenters. The number of rotatable bonds is 5. The Bertz CT molecular complexity index is 549. The van der Waals surface area contributed by atoms with E-state index in [1.807, 2.05) is 26.4 Å². The third-order valence-electron chi connectivity index (χ3n) is 3.23. The Labute approximate surface area is 115 Å². The molecule has 0 spiro atoms. The Morgan fingerprint density at radius 2 is 2.11 bits per heavy atom. The van der Waals surface area contributed by atoms with E-state index in [0.717, 1.165) is 17.6 Å². The summed E-state index contributed by atoms with van der Waals surface area (Å²) < 4.78 is 0. The minimum atomic E-state index is 0.434. The van der Waals surface area contributed by atoms with Crippen molar-refractivity contribution in [1.82, 2.24) is 4.98 Å². The van der Waals surface area contributed by atoms with Gasteiger partial charge < -0.3 is 10.2 Å². The zero-order chi connectivity index (χ0) is 13.8. The van der Waals surface area contributed by atoms with Crippen LogP contribution in [0.4, 0.5) is 11.4 Å². The number of aromatic nitrogens is 1. The highest BCUT2D eigenvalue weighted by molar-refractivity contribution is 5.93. The molecule has 0 saturated carbocycles. The van der Waals surface area contributed by atoms with Crippen LogP contribution in [0, 0.1) is 6.42 Å². The van der Waals surface area contributed by atoms with Gasteiger partial charge in [-0.3, -0.25) is 4.98 Å². The van der Waals surface area contributed by atoms with Gasteiger partial charge in [-0.2, -0.15) is 0 Å². The van der Waals surface area contributed by atoms with Crippen molar-refractivity contribution in [1.29, 1.82) is 0 Å². The number of anilines is 2. The van der Waals surface area contributed by atoms with Gasteiger partial charge in [0.15, 0.2) is 0 Å². The molecule has 0 saturated heterocycles. The Kier molecular flexibility index (Phi) is 4.25. The molecule has 0 aliphatic heterocycles. The molecule has 0 amide bonds. The Morgan fingerprint density at radius 3 is 2.79 bits per heavy atom. The number of nitrogens with zero attached hydrogens (tertiary/aromatic N) is 2. The summed E-state index contributed by atoms with van der Waals surface area (Å²) in [4.78, 5) is 6.56. The van der Waals surface area contributed by atoms with Gasteiger partial charge in [-0.15, -0.1) is 0 Å². The van der Waals surface area contributed by atoms with E-state index in [2.05, 4.69) is 53.7 Å². The first-order valence-corrected chi connectivity index (χ1v) is 6.72. The average molecular weight is 256 g/mol. The average Bonchev–Trinajstić information content (AvgIpc) is 2.38. The lowest BCUT2D eigenvalue weighted by atomic mass is 10.1. The van der Waals surface area contributed by atoms with Gasteiger partial charge in [0, 0.05) is 43.1 Å². The van der Waals surface area contributed by atoms with E-state index >= 15 is 0 Å². The highest BCUT2D eigenvalue weighted by Gasteiger charge is 2.06. The third kappa shape index (κ3) is 3.16. The zero-order valence-electron chi connectivity index (χ0n) is 12.1. The molecule has 0 bridgehead atoms. The smallest absolute Gasteiger partial charge is 0.0743 e. The van der Waals surface area contributed by atoms with Gasteiger partial charge in [0.1, 0.15) is 0 Å². The van der Waals surface area contributed by atoms with Crippen LogP contribution < -0.4 is 10.2 Å². The first-order chi connectivity index (χ1) is 9.11. The largest absolute Gasteiger partial charge is 0.382 e. The number of benzene rings is 1. The van der Waals surface area contributed by atoms with Crippen molar-refractivity contribution in [2.45, 2.75) is 26.3 Å². The summed E-state index contributed by atoms with van der Waals surface area (Å²) in [6.07, 6.45) is 5.11. The van der Waals surface area contributed by atoms with Gasteiger partial charge in [-0.25, -0.2) is 0 Å². The summed E-state index contributed by atoms with van der Waals surface area (Å²) in [6.45, 7) is 4.28. The SMILES string of the molecule is C[CH]C[C@@H](C)Nc1ccnc2cc(N(C)C)ccc12. The number of hydrogen-bond acceptors (Lipinski definition) is 3. The fourth-order valence-electron chi connectivity index (χ4n) is 2.22. The second kappa shape index (κ2) is 5.91. The van der Waals surface area contributed by atoms with Crippen LogP contribution in [0.25, 0.3) is 10.9 Å². The van der Waals surface area contributed by atoms with Gasteiger partial charge in [-0.05, 0) is 44.0 Å². The summed E-state index contributed by atoms with van der Waals surface area (Å²) in [5, 5.41) is 4.73. The normalized spacial score (nSPS) is 12.4. The van der Waals surface area contributed by atoms with E-state index in [0.29, 0.717) is 6.04 Å². The molecule has 1 radical (unpaired) electrons. The van der Waals surface area contributed by atoms with Crippen LogP contribution in [-0.4, -0.2) is 25.1 Å². The molecule has 3 nitrogen and oxygen atoms in total. The quantitative estimate of drug-likeness (QED) is 0.883. The van der Waals surface area contributed by atoms with Crippen molar-refractivity contribution in [3.63, 3.8) is 0 Å². The van der Waals surface area contributed by atoms with Gasteiger partial charge in [0.05, 0.1) is 5.52 Å². The lowest BCUT2D eigenvalue weighted by Gasteiger charge is -2.17. The molecule has 2 rings (SSSR count). The molecule has 0 unspecified atom stereocenters. The predicted octanol–water partition coefficient (Wildman–Crippen LogP) is 3.72. The molecule has 1 aromatic heterocycles. The van der Waals surface area contributed by atoms with Gasteiger partial charge >= 0.3 is 0 Å². The second-order valence-electron chi connectivity index (χ2n) is 5.14. The van der Waals surface area contributed by atoms with Crippen LogP contribution in [0.5, 0.6) is 0 Å². The summed E-state index contributed by atoms with van der Waals surface area (Å²) in [7, 11) is 4.09. The van der Waals surface area contributed by atoms with Crippen LogP contribution in [0.15, 0.2) is 30.5 Å². The Hall–Kier alpha value is -1.77. The maximum Gasteiger partial charge on any atom is 0.0743 e. The van der Waals surface area contributed by atoms with Crippen molar-refractivity contribution in [3.05, 3.63) is 36.9 Å². The highest BCUT2D eigenvalue weighted by atomic mass is 15.1. The summed E-state index contributed by atoms with van der Waals surface area (Å²) in [6, 6.07) is 8.87. The molecule has 19 heavy (non-hydrogen) atoms. The number of hydrogen-bond donors (Lipinski definition) is 1. The molecular formula is C16H22N3. The second-order valence-corrected chi connectivity index (χ2v) is 5.14. The molecule has 1 N–H and O–H groups in total. The van der Waals surface area contributed by atoms with E-state index in [1.54, 1.807) is 0 Å². The van der Waals surface area contributed by atoms with Crippen LogP contribution >= 0.6 is 0 Å². The van der Waals surface area contributed by atoms with E-state index in [1.165, 1.54) is 11.1 Å². The molecule has 2 aromatic rings. The molecule has 1 aromatic carbocycles. The Morgan fingerprint density at radius 1 is 1.32 bits per heavy atom. The summed E-state index contributed by atoms with van der Waals surface area (Å²) in [5.41, 5.74) is 3.36. The van der Waals surface area contributed by atoms with Gasteiger partial charge in [0.25, 0.3) is 0 Å². The van der Waals surface area contributed by atoms with Crippen LogP contribution in [0.2, 0.25) is 0 Å². The summed E-state index contributed by atoms with van der Waals surface area (Å²) in [5.74, 6) is 0. The maximum absolute atomic E-state index is 4.46. The van der Waals surface area contributed by atoms with E-state index < -0.39 is 0 Å². The monoisotopic (exact) mass is 256 g/mol. The first kappa shape index (κ1) is 13.7. The minimum absolute atomic E-state index is 0.434. The minimum Gasteiger partial charge on any atom is -0.382 e. The molecule has 0 fully saturated rings. The first-order valence-electron chi connectivity index (χ1n) is 6.72. The Balaban J connectivity index is 2.35. The molecule has 101 valence electrons. The number of fused-ring (bicyclic) bond motifs is 1. The third-order valence-corrected chi connectivity index (χ3v) is 3.23. The van der Waals surface area contributed by atoms with E-state index in [4.69, 9.17) is 0 Å². The lowest BCUT2D eigenvalue weighted by molar-refractivity contribution is 0.779. The van der Waals surface area contributed by atoms with Crippen molar-refractivity contribution >= 4 is 22.3 Å². The fourth-order valence-corrected chi connectivity index (χ4v) is 2.22. The highest BCUT2D eigenvalue weighted by Crippen LogP contribution is 2.26. The molecule has 0 aliphatic rings. The van der Waals surface area contributed by atoms with Crippen molar-refractivity contribution in [2.75, 3.05) is 24.3 Å². The maximum atomic E-state index is 4.46. The molecule has 0 aliphatic carbocycles. The van der Waals surface area contributed by atoms with Crippen molar-refractivity contribution in [3.8, 4) is 0 Å². The standard InChI is InChI=1S/C16H22N3/c1-5-6-12(2)18-15-9-10-17-16-11-13(19(3)4)7-8-14(15)16/h5,7-12H,6H2,1-4H3,(H,17,18)/t12-/m1/s1. The van der Waals surface area contributed by atoms with Crippen molar-refractivity contribution in [2.24, 2.45) is 0 Å². The molecule has 3 heteroatoms. The number of nitrogens with one attached hydrogen (secondary N) is 1. The van der Waals surface area contributed by atoms with Crippen LogP contribution in [0.1, 0.15) is 20.3 Å². The van der Waals surface area contributed by atoms with Gasteiger partial charge in [0.2, 0.25) is 0 Å². The van der Waals surface area contributed by atoms with Crippen LogP contribution in [0.3, 0.4) is 0 Å². The molecule has 1 heterocycles. The number of pyridine rings is 1. The predicted molar refractivity (Wildman–Crippen MR) is 83.7 cm³/mol. The lowest BCUT2D eigenvalue weighted by Crippen LogP contribution is -2.15. The van der Waals surface area contributed by atoms with E-state index in [9.17, 15) is 0 Å². The van der Waals surface area contributed by atoms with Crippen LogP contribution in [-0.2, 0) is 0 Å². The van der Waals surface area contributed by atoms with Gasteiger partial charge in [-0.1, -0.05) is 6.92 Å². The van der Waals surface area contributed by atoms with Crippen molar-refractivity contribution < 1.29 is 0 Å². The zero-order valence-corrected chi connectivity index (χ0v) is 12.1. The van der Waals surface area contributed by atoms with E-state index in [-0.39, 0.29) is 0 Å². The fraction of sp³-hybridized carbons (Fsp3) is 0.375. The topological polar surface area (TPSA) is 28.2 Å².